The highest BCUT2D eigenvalue weighted by Gasteiger charge is 2.34. The number of methoxy groups -OCH3 is 3. The van der Waals surface area contributed by atoms with Crippen molar-refractivity contribution in [2.24, 2.45) is 11.8 Å². The summed E-state index contributed by atoms with van der Waals surface area (Å²) in [6.45, 7) is 0. The van der Waals surface area contributed by atoms with E-state index in [0.717, 1.165) is 0 Å². The first kappa shape index (κ1) is 20.1. The van der Waals surface area contributed by atoms with Crippen LogP contribution in [0.25, 0.3) is 0 Å². The van der Waals surface area contributed by atoms with Gasteiger partial charge in [-0.2, -0.15) is 0 Å². The third kappa shape index (κ3) is 4.49. The highest BCUT2D eigenvalue weighted by atomic mass is 16.5. The summed E-state index contributed by atoms with van der Waals surface area (Å²) in [6.07, 6.45) is 4.05. The average Bonchev–Trinajstić information content (AvgIpc) is 2.70. The van der Waals surface area contributed by atoms with E-state index in [4.69, 9.17) is 14.2 Å². The number of hydrogen-bond donors (Lipinski definition) is 3. The predicted octanol–water partition coefficient (Wildman–Crippen LogP) is 1.14. The molecular weight excluding hydrogens is 356 g/mol. The van der Waals surface area contributed by atoms with Crippen molar-refractivity contribution in [1.82, 2.24) is 10.9 Å². The fourth-order valence-corrected chi connectivity index (χ4v) is 2.87. The molecule has 2 amide bonds. The lowest BCUT2D eigenvalue weighted by Gasteiger charge is -2.24. The maximum absolute atomic E-state index is 12.4. The van der Waals surface area contributed by atoms with Gasteiger partial charge in [-0.05, 0) is 25.0 Å². The zero-order chi connectivity index (χ0) is 20.0. The third-order valence-corrected chi connectivity index (χ3v) is 4.31. The minimum Gasteiger partial charge on any atom is -0.493 e. The Morgan fingerprint density at radius 1 is 0.926 bits per heavy atom. The van der Waals surface area contributed by atoms with Crippen LogP contribution in [0, 0.1) is 11.8 Å². The molecule has 9 heteroatoms. The van der Waals surface area contributed by atoms with Gasteiger partial charge >= 0.3 is 5.97 Å². The van der Waals surface area contributed by atoms with E-state index >= 15 is 0 Å². The zero-order valence-electron chi connectivity index (χ0n) is 15.3. The fraction of sp³-hybridized carbons (Fsp3) is 0.389. The van der Waals surface area contributed by atoms with Crippen molar-refractivity contribution in [3.63, 3.8) is 0 Å². The highest BCUT2D eigenvalue weighted by Crippen LogP contribution is 2.38. The van der Waals surface area contributed by atoms with Crippen LogP contribution >= 0.6 is 0 Å². The number of aliphatic carboxylic acids is 1. The Bertz CT molecular complexity index is 735. The summed E-state index contributed by atoms with van der Waals surface area (Å²) in [5.74, 6) is -2.89. The summed E-state index contributed by atoms with van der Waals surface area (Å²) in [6, 6.07) is 2.87. The summed E-state index contributed by atoms with van der Waals surface area (Å²) in [5, 5.41) is 9.24. The molecule has 0 fully saturated rings. The van der Waals surface area contributed by atoms with Crippen molar-refractivity contribution < 1.29 is 33.7 Å². The van der Waals surface area contributed by atoms with E-state index in [0.29, 0.717) is 12.2 Å². The molecule has 0 radical (unpaired) electrons. The molecular formula is C18H22N2O7. The minimum absolute atomic E-state index is 0.170. The van der Waals surface area contributed by atoms with Gasteiger partial charge in [0.05, 0.1) is 33.2 Å². The summed E-state index contributed by atoms with van der Waals surface area (Å²) in [4.78, 5) is 36.0. The standard InChI is InChI=1S/C18H22N2O7/c1-25-13-8-10(9-14(26-2)15(13)27-3)16(21)19-20-17(22)11-6-4-5-7-12(11)18(23)24/h4-5,8-9,11-12H,6-7H2,1-3H3,(H,19,21)(H,20,22)(H,23,24)/t11-,12+/m0/s1. The molecule has 146 valence electrons. The van der Waals surface area contributed by atoms with Crippen LogP contribution in [0.1, 0.15) is 23.2 Å². The van der Waals surface area contributed by atoms with Crippen LogP contribution in [-0.2, 0) is 9.59 Å². The van der Waals surface area contributed by atoms with Gasteiger partial charge in [-0.25, -0.2) is 0 Å². The number of benzene rings is 1. The molecule has 0 bridgehead atoms. The summed E-state index contributed by atoms with van der Waals surface area (Å²) >= 11 is 0. The van der Waals surface area contributed by atoms with Crippen molar-refractivity contribution in [1.29, 1.82) is 0 Å². The van der Waals surface area contributed by atoms with Crippen molar-refractivity contribution in [2.45, 2.75) is 12.8 Å². The topological polar surface area (TPSA) is 123 Å². The Labute approximate surface area is 156 Å². The van der Waals surface area contributed by atoms with Crippen LogP contribution in [0.15, 0.2) is 24.3 Å². The number of carboxylic acids is 1. The van der Waals surface area contributed by atoms with Crippen LogP contribution in [0.3, 0.4) is 0 Å². The van der Waals surface area contributed by atoms with E-state index in [2.05, 4.69) is 10.9 Å². The molecule has 0 aliphatic heterocycles. The summed E-state index contributed by atoms with van der Waals surface area (Å²) in [7, 11) is 4.28. The number of nitrogens with one attached hydrogen (secondary N) is 2. The lowest BCUT2D eigenvalue weighted by Crippen LogP contribution is -2.47. The van der Waals surface area contributed by atoms with Crippen LogP contribution in [0.2, 0.25) is 0 Å². The van der Waals surface area contributed by atoms with Crippen LogP contribution in [-0.4, -0.2) is 44.2 Å². The molecule has 1 aliphatic rings. The molecule has 1 aromatic carbocycles. The summed E-state index contributed by atoms with van der Waals surface area (Å²) in [5.41, 5.74) is 4.75. The predicted molar refractivity (Wildman–Crippen MR) is 94.7 cm³/mol. The molecule has 9 nitrogen and oxygen atoms in total. The number of rotatable bonds is 6. The van der Waals surface area contributed by atoms with Crippen LogP contribution in [0.5, 0.6) is 17.2 Å². The van der Waals surface area contributed by atoms with Gasteiger partial charge in [-0.1, -0.05) is 12.2 Å². The Kier molecular flexibility index (Phi) is 6.64. The van der Waals surface area contributed by atoms with Crippen molar-refractivity contribution in [3.05, 3.63) is 29.8 Å². The molecule has 2 rings (SSSR count). The van der Waals surface area contributed by atoms with Crippen LogP contribution < -0.4 is 25.1 Å². The van der Waals surface area contributed by atoms with Gasteiger partial charge in [0.25, 0.3) is 5.91 Å². The van der Waals surface area contributed by atoms with Gasteiger partial charge in [-0.3, -0.25) is 25.2 Å². The Balaban J connectivity index is 2.10. The first-order valence-electron chi connectivity index (χ1n) is 8.20. The number of carbonyl (C=O) groups excluding carboxylic acids is 2. The first-order valence-corrected chi connectivity index (χ1v) is 8.20. The third-order valence-electron chi connectivity index (χ3n) is 4.31. The summed E-state index contributed by atoms with van der Waals surface area (Å²) < 4.78 is 15.6. The van der Waals surface area contributed by atoms with E-state index in [1.165, 1.54) is 33.5 Å². The maximum atomic E-state index is 12.4. The van der Waals surface area contributed by atoms with E-state index in [9.17, 15) is 19.5 Å². The van der Waals surface area contributed by atoms with Crippen molar-refractivity contribution in [3.8, 4) is 17.2 Å². The Hall–Kier alpha value is -3.23. The van der Waals surface area contributed by atoms with Crippen LogP contribution in [0.4, 0.5) is 0 Å². The molecule has 0 aromatic heterocycles. The van der Waals surface area contributed by atoms with E-state index < -0.39 is 29.6 Å². The second-order valence-electron chi connectivity index (χ2n) is 5.85. The van der Waals surface area contributed by atoms with Gasteiger partial charge in [0.1, 0.15) is 0 Å². The molecule has 27 heavy (non-hydrogen) atoms. The molecule has 0 saturated carbocycles. The van der Waals surface area contributed by atoms with E-state index in [1.807, 2.05) is 0 Å². The van der Waals surface area contributed by atoms with Gasteiger partial charge in [0.2, 0.25) is 11.7 Å². The molecule has 0 heterocycles. The molecule has 0 unspecified atom stereocenters. The normalized spacial score (nSPS) is 18.3. The smallest absolute Gasteiger partial charge is 0.307 e. The number of amides is 2. The number of ether oxygens (including phenoxy) is 3. The maximum Gasteiger partial charge on any atom is 0.307 e. The minimum atomic E-state index is -1.05. The first-order chi connectivity index (χ1) is 12.9. The Morgan fingerprint density at radius 3 is 1.96 bits per heavy atom. The second kappa shape index (κ2) is 8.93. The van der Waals surface area contributed by atoms with Gasteiger partial charge in [0, 0.05) is 5.56 Å². The number of carbonyl (C=O) groups is 3. The van der Waals surface area contributed by atoms with Gasteiger partial charge in [0.15, 0.2) is 11.5 Å². The largest absolute Gasteiger partial charge is 0.493 e. The second-order valence-corrected chi connectivity index (χ2v) is 5.85. The van der Waals surface area contributed by atoms with E-state index in [-0.39, 0.29) is 23.5 Å². The number of carboxylic acid groups (broad SMARTS) is 1. The molecule has 0 spiro atoms. The average molecular weight is 378 g/mol. The number of hydrazine groups is 1. The highest BCUT2D eigenvalue weighted by molar-refractivity contribution is 5.97. The molecule has 1 aromatic rings. The van der Waals surface area contributed by atoms with Crippen molar-refractivity contribution >= 4 is 17.8 Å². The fourth-order valence-electron chi connectivity index (χ4n) is 2.87. The Morgan fingerprint density at radius 2 is 1.48 bits per heavy atom. The number of allylic oxidation sites excluding steroid dienone is 2. The molecule has 3 N–H and O–H groups in total. The number of hydrogen-bond acceptors (Lipinski definition) is 6. The SMILES string of the molecule is COc1cc(C(=O)NNC(=O)[C@H]2CC=CC[C@H]2C(=O)O)cc(OC)c1OC. The van der Waals surface area contributed by atoms with Crippen molar-refractivity contribution in [2.75, 3.05) is 21.3 Å². The molecule has 0 saturated heterocycles. The molecule has 1 aliphatic carbocycles. The monoisotopic (exact) mass is 378 g/mol. The lowest BCUT2D eigenvalue weighted by molar-refractivity contribution is -0.147. The quantitative estimate of drug-likeness (QED) is 0.501. The lowest BCUT2D eigenvalue weighted by atomic mass is 9.82. The van der Waals surface area contributed by atoms with Gasteiger partial charge < -0.3 is 19.3 Å². The van der Waals surface area contributed by atoms with E-state index in [1.54, 1.807) is 12.2 Å². The zero-order valence-corrected chi connectivity index (χ0v) is 15.3. The van der Waals surface area contributed by atoms with Gasteiger partial charge in [-0.15, -0.1) is 0 Å². The molecule has 2 atom stereocenters.